The summed E-state index contributed by atoms with van der Waals surface area (Å²) in [7, 11) is 0. The number of aliphatic hydroxyl groups excluding tert-OH is 1. The van der Waals surface area contributed by atoms with Gasteiger partial charge in [-0.15, -0.1) is 0 Å². The molecule has 124 valence electrons. The van der Waals surface area contributed by atoms with Crippen LogP contribution in [0.3, 0.4) is 0 Å². The molecule has 0 amide bonds. The predicted molar refractivity (Wildman–Crippen MR) is 93.3 cm³/mol. The van der Waals surface area contributed by atoms with E-state index in [1.807, 2.05) is 12.1 Å². The normalized spacial score (nSPS) is 18.5. The molecule has 24 heavy (non-hydrogen) atoms. The summed E-state index contributed by atoms with van der Waals surface area (Å²) in [5, 5.41) is 9.67. The van der Waals surface area contributed by atoms with Crippen molar-refractivity contribution in [2.45, 2.75) is 38.6 Å². The molecule has 4 rings (SSSR count). The molecule has 0 bridgehead atoms. The van der Waals surface area contributed by atoms with Crippen LogP contribution in [0, 0.1) is 0 Å². The molecular weight excluding hydrogens is 300 g/mol. The fourth-order valence-electron chi connectivity index (χ4n) is 3.66. The topological polar surface area (TPSA) is 54.2 Å². The zero-order valence-corrected chi connectivity index (χ0v) is 13.7. The van der Waals surface area contributed by atoms with Gasteiger partial charge in [-0.3, -0.25) is 4.90 Å². The largest absolute Gasteiger partial charge is 0.388 e. The van der Waals surface area contributed by atoms with Gasteiger partial charge in [-0.05, 0) is 37.1 Å². The summed E-state index contributed by atoms with van der Waals surface area (Å²) in [5.41, 5.74) is 3.07. The highest BCUT2D eigenvalue weighted by atomic mass is 16.3. The van der Waals surface area contributed by atoms with Crippen molar-refractivity contribution in [1.29, 1.82) is 0 Å². The molecule has 1 saturated heterocycles. The Morgan fingerprint density at radius 2 is 2.00 bits per heavy atom. The van der Waals surface area contributed by atoms with E-state index in [0.717, 1.165) is 30.8 Å². The van der Waals surface area contributed by atoms with Crippen molar-refractivity contribution >= 4 is 11.2 Å². The zero-order chi connectivity index (χ0) is 16.4. The Labute approximate surface area is 141 Å². The van der Waals surface area contributed by atoms with Gasteiger partial charge >= 0.3 is 0 Å². The van der Waals surface area contributed by atoms with Gasteiger partial charge in [-0.25, -0.2) is 9.97 Å². The molecule has 3 heterocycles. The molecule has 1 unspecified atom stereocenters. The lowest BCUT2D eigenvalue weighted by atomic mass is 10.2. The number of imidazole rings is 1. The van der Waals surface area contributed by atoms with Crippen molar-refractivity contribution in [3.8, 4) is 0 Å². The number of aromatic nitrogens is 3. The first-order chi connectivity index (χ1) is 11.8. The summed E-state index contributed by atoms with van der Waals surface area (Å²) >= 11 is 0. The second-order valence-corrected chi connectivity index (χ2v) is 6.40. The van der Waals surface area contributed by atoms with Crippen LogP contribution in [0.1, 0.15) is 24.2 Å². The number of aliphatic hydroxyl groups is 1. The number of nitrogens with zero attached hydrogens (tertiary/aromatic N) is 4. The minimum Gasteiger partial charge on any atom is -0.388 e. The average Bonchev–Trinajstić information content (AvgIpc) is 3.21. The van der Waals surface area contributed by atoms with Gasteiger partial charge in [0.05, 0.1) is 0 Å². The molecule has 1 atom stereocenters. The first-order valence-corrected chi connectivity index (χ1v) is 8.54. The molecule has 2 aromatic heterocycles. The fourth-order valence-corrected chi connectivity index (χ4v) is 3.66. The highest BCUT2D eigenvalue weighted by Gasteiger charge is 2.26. The smallest absolute Gasteiger partial charge is 0.160 e. The molecule has 1 fully saturated rings. The van der Waals surface area contributed by atoms with Gasteiger partial charge in [0.1, 0.15) is 17.9 Å². The fraction of sp³-hybridized carbons (Fsp3) is 0.368. The summed E-state index contributed by atoms with van der Waals surface area (Å²) in [6, 6.07) is 14.9. The summed E-state index contributed by atoms with van der Waals surface area (Å²) in [5.74, 6) is 0.704. The number of likely N-dealkylation sites (tertiary alicyclic amines) is 1. The van der Waals surface area contributed by atoms with E-state index in [4.69, 9.17) is 0 Å². The lowest BCUT2D eigenvalue weighted by Gasteiger charge is -2.25. The van der Waals surface area contributed by atoms with E-state index in [0.29, 0.717) is 11.9 Å². The molecule has 1 aromatic carbocycles. The van der Waals surface area contributed by atoms with Gasteiger partial charge in [-0.2, -0.15) is 0 Å². The van der Waals surface area contributed by atoms with E-state index in [9.17, 15) is 5.11 Å². The third-order valence-electron chi connectivity index (χ3n) is 4.85. The maximum Gasteiger partial charge on any atom is 0.160 e. The predicted octanol–water partition coefficient (Wildman–Crippen LogP) is 2.59. The third-order valence-corrected chi connectivity index (χ3v) is 4.85. The number of benzene rings is 1. The Morgan fingerprint density at radius 1 is 1.12 bits per heavy atom. The van der Waals surface area contributed by atoms with Crippen molar-refractivity contribution < 1.29 is 5.11 Å². The van der Waals surface area contributed by atoms with E-state index >= 15 is 0 Å². The van der Waals surface area contributed by atoms with E-state index in [2.05, 4.69) is 49.8 Å². The molecule has 0 spiro atoms. The summed E-state index contributed by atoms with van der Waals surface area (Å²) in [4.78, 5) is 11.5. The molecule has 3 aromatic rings. The van der Waals surface area contributed by atoms with Gasteiger partial charge in [0.25, 0.3) is 0 Å². The summed E-state index contributed by atoms with van der Waals surface area (Å²) in [6.45, 7) is 2.87. The van der Waals surface area contributed by atoms with Gasteiger partial charge in [0.15, 0.2) is 5.65 Å². The van der Waals surface area contributed by atoms with Crippen LogP contribution in [0.4, 0.5) is 0 Å². The number of hydrogen-bond donors (Lipinski definition) is 1. The number of rotatable bonds is 5. The Kier molecular flexibility index (Phi) is 4.28. The molecule has 0 aliphatic carbocycles. The van der Waals surface area contributed by atoms with Crippen LogP contribution in [0.5, 0.6) is 0 Å². The Morgan fingerprint density at radius 3 is 2.83 bits per heavy atom. The monoisotopic (exact) mass is 322 g/mol. The SMILES string of the molecule is OCc1nc2cccnc2n1CC1CCCN1Cc1ccccc1. The van der Waals surface area contributed by atoms with Crippen molar-refractivity contribution in [1.82, 2.24) is 19.4 Å². The molecule has 0 radical (unpaired) electrons. The van der Waals surface area contributed by atoms with E-state index in [-0.39, 0.29) is 6.61 Å². The number of pyridine rings is 1. The van der Waals surface area contributed by atoms with Gasteiger partial charge in [0, 0.05) is 25.3 Å². The maximum atomic E-state index is 9.67. The summed E-state index contributed by atoms with van der Waals surface area (Å²) < 4.78 is 2.09. The standard InChI is InChI=1S/C19H22N4O/c24-14-18-21-17-9-4-10-20-19(17)23(18)13-16-8-5-11-22(16)12-15-6-2-1-3-7-15/h1-4,6-7,9-10,16,24H,5,8,11-14H2. The lowest BCUT2D eigenvalue weighted by Crippen LogP contribution is -2.33. The van der Waals surface area contributed by atoms with Crippen LogP contribution in [0.15, 0.2) is 48.7 Å². The Balaban J connectivity index is 1.58. The van der Waals surface area contributed by atoms with Crippen LogP contribution >= 0.6 is 0 Å². The zero-order valence-electron chi connectivity index (χ0n) is 13.7. The second kappa shape index (κ2) is 6.71. The highest BCUT2D eigenvalue weighted by molar-refractivity contribution is 5.71. The van der Waals surface area contributed by atoms with Crippen molar-refractivity contribution in [3.63, 3.8) is 0 Å². The van der Waals surface area contributed by atoms with Crippen LogP contribution in [-0.4, -0.2) is 37.1 Å². The lowest BCUT2D eigenvalue weighted by molar-refractivity contribution is 0.216. The number of hydrogen-bond acceptors (Lipinski definition) is 4. The summed E-state index contributed by atoms with van der Waals surface area (Å²) in [6.07, 6.45) is 4.17. The van der Waals surface area contributed by atoms with Crippen LogP contribution < -0.4 is 0 Å². The molecule has 1 aliphatic heterocycles. The molecule has 1 aliphatic rings. The quantitative estimate of drug-likeness (QED) is 0.784. The maximum absolute atomic E-state index is 9.67. The second-order valence-electron chi connectivity index (χ2n) is 6.40. The van der Waals surface area contributed by atoms with Crippen LogP contribution in [0.2, 0.25) is 0 Å². The van der Waals surface area contributed by atoms with E-state index < -0.39 is 0 Å². The van der Waals surface area contributed by atoms with E-state index in [1.165, 1.54) is 18.4 Å². The van der Waals surface area contributed by atoms with Crippen LogP contribution in [-0.2, 0) is 19.7 Å². The first-order valence-electron chi connectivity index (χ1n) is 8.54. The average molecular weight is 322 g/mol. The number of fused-ring (bicyclic) bond motifs is 1. The van der Waals surface area contributed by atoms with Crippen molar-refractivity contribution in [2.24, 2.45) is 0 Å². The Bertz CT molecular complexity index is 815. The first kappa shape index (κ1) is 15.3. The highest BCUT2D eigenvalue weighted by Crippen LogP contribution is 2.24. The van der Waals surface area contributed by atoms with Gasteiger partial charge < -0.3 is 9.67 Å². The molecular formula is C19H22N4O. The minimum atomic E-state index is -0.0538. The van der Waals surface area contributed by atoms with Gasteiger partial charge in [-0.1, -0.05) is 30.3 Å². The van der Waals surface area contributed by atoms with E-state index in [1.54, 1.807) is 6.20 Å². The molecule has 0 saturated carbocycles. The molecule has 5 nitrogen and oxygen atoms in total. The molecule has 5 heteroatoms. The van der Waals surface area contributed by atoms with Crippen molar-refractivity contribution in [2.75, 3.05) is 6.54 Å². The third kappa shape index (κ3) is 2.92. The van der Waals surface area contributed by atoms with Crippen LogP contribution in [0.25, 0.3) is 11.2 Å². The molecule has 1 N–H and O–H groups in total. The Hall–Kier alpha value is -2.24. The minimum absolute atomic E-state index is 0.0538. The van der Waals surface area contributed by atoms with Crippen molar-refractivity contribution in [3.05, 3.63) is 60.0 Å². The van der Waals surface area contributed by atoms with Gasteiger partial charge in [0.2, 0.25) is 0 Å².